The van der Waals surface area contributed by atoms with Crippen molar-refractivity contribution in [2.75, 3.05) is 30.0 Å². The number of rotatable bonds is 7. The van der Waals surface area contributed by atoms with Crippen molar-refractivity contribution in [2.45, 2.75) is 24.8 Å². The lowest BCUT2D eigenvalue weighted by Gasteiger charge is -2.25. The molecule has 11 heteroatoms. The fourth-order valence-electron chi connectivity index (χ4n) is 3.65. The van der Waals surface area contributed by atoms with E-state index >= 15 is 0 Å². The first-order valence-electron chi connectivity index (χ1n) is 10.7. The summed E-state index contributed by atoms with van der Waals surface area (Å²) in [6.07, 6.45) is 1.95. The summed E-state index contributed by atoms with van der Waals surface area (Å²) in [5, 5.41) is 6.02. The monoisotopic (exact) mass is 513 g/mol. The molecule has 0 bridgehead atoms. The van der Waals surface area contributed by atoms with Crippen molar-refractivity contribution in [3.63, 3.8) is 0 Å². The summed E-state index contributed by atoms with van der Waals surface area (Å²) in [7, 11) is 1.30. The number of amides is 3. The Morgan fingerprint density at radius 1 is 1.17 bits per heavy atom. The molecule has 0 atom stereocenters. The van der Waals surface area contributed by atoms with Crippen molar-refractivity contribution in [2.24, 2.45) is 0 Å². The van der Waals surface area contributed by atoms with Crippen LogP contribution >= 0.6 is 23.1 Å². The van der Waals surface area contributed by atoms with Gasteiger partial charge in [-0.3, -0.25) is 14.4 Å². The molecule has 0 unspecified atom stereocenters. The zero-order chi connectivity index (χ0) is 24.9. The van der Waals surface area contributed by atoms with E-state index in [1.54, 1.807) is 35.2 Å². The zero-order valence-corrected chi connectivity index (χ0v) is 20.7. The number of thiophene rings is 1. The van der Waals surface area contributed by atoms with Gasteiger partial charge >= 0.3 is 5.97 Å². The third kappa shape index (κ3) is 5.75. The molecule has 1 aromatic carbocycles. The molecule has 0 spiro atoms. The van der Waals surface area contributed by atoms with Crippen molar-refractivity contribution >= 4 is 57.5 Å². The number of benzene rings is 1. The van der Waals surface area contributed by atoms with Crippen LogP contribution in [0.4, 0.5) is 10.7 Å². The first kappa shape index (κ1) is 24.6. The number of thioether (sulfide) groups is 1. The van der Waals surface area contributed by atoms with E-state index < -0.39 is 5.97 Å². The normalized spacial score (nSPS) is 12.6. The van der Waals surface area contributed by atoms with Crippen LogP contribution in [0.25, 0.3) is 0 Å². The van der Waals surface area contributed by atoms with Gasteiger partial charge in [0, 0.05) is 28.9 Å². The first-order valence-corrected chi connectivity index (χ1v) is 12.5. The molecule has 2 aromatic heterocycles. The Balaban J connectivity index is 1.41. The minimum absolute atomic E-state index is 0.0340. The Morgan fingerprint density at radius 3 is 2.71 bits per heavy atom. The van der Waals surface area contributed by atoms with Crippen molar-refractivity contribution in [1.82, 2.24) is 4.90 Å². The van der Waals surface area contributed by atoms with Crippen LogP contribution < -0.4 is 10.6 Å². The van der Waals surface area contributed by atoms with Gasteiger partial charge in [-0.25, -0.2) is 4.79 Å². The number of hydrogen-bond acceptors (Lipinski definition) is 8. The van der Waals surface area contributed by atoms with E-state index in [1.165, 1.54) is 43.4 Å². The van der Waals surface area contributed by atoms with Crippen LogP contribution in [0.15, 0.2) is 52.0 Å². The second-order valence-electron chi connectivity index (χ2n) is 7.69. The molecular formula is C24H23N3O6S2. The van der Waals surface area contributed by atoms with Crippen LogP contribution in [0.1, 0.15) is 38.3 Å². The summed E-state index contributed by atoms with van der Waals surface area (Å²) in [4.78, 5) is 52.5. The summed E-state index contributed by atoms with van der Waals surface area (Å²) >= 11 is 2.59. The molecule has 1 aliphatic rings. The van der Waals surface area contributed by atoms with Crippen molar-refractivity contribution in [3.05, 3.63) is 64.4 Å². The molecule has 0 fully saturated rings. The van der Waals surface area contributed by atoms with Gasteiger partial charge in [-0.2, -0.15) is 0 Å². The summed E-state index contributed by atoms with van der Waals surface area (Å²) in [5.41, 5.74) is 1.75. The van der Waals surface area contributed by atoms with Gasteiger partial charge in [-0.15, -0.1) is 23.1 Å². The van der Waals surface area contributed by atoms with Crippen LogP contribution in [-0.4, -0.2) is 48.0 Å². The molecule has 35 heavy (non-hydrogen) atoms. The number of ether oxygens (including phenoxy) is 1. The molecule has 3 aromatic rings. The van der Waals surface area contributed by atoms with E-state index in [0.717, 1.165) is 15.3 Å². The molecule has 0 radical (unpaired) electrons. The molecule has 1 aliphatic heterocycles. The van der Waals surface area contributed by atoms with Crippen LogP contribution in [0.5, 0.6) is 0 Å². The molecule has 0 saturated carbocycles. The first-order chi connectivity index (χ1) is 16.9. The summed E-state index contributed by atoms with van der Waals surface area (Å²) in [6.45, 7) is 2.43. The lowest BCUT2D eigenvalue weighted by Crippen LogP contribution is -2.33. The zero-order valence-electron chi connectivity index (χ0n) is 19.1. The average Bonchev–Trinajstić information content (AvgIpc) is 3.50. The van der Waals surface area contributed by atoms with Crippen LogP contribution in [0, 0.1) is 0 Å². The van der Waals surface area contributed by atoms with Crippen molar-refractivity contribution in [1.29, 1.82) is 0 Å². The molecule has 0 aliphatic carbocycles. The molecule has 4 rings (SSSR count). The fourth-order valence-corrected chi connectivity index (χ4v) is 5.68. The third-order valence-electron chi connectivity index (χ3n) is 5.35. The number of nitrogens with zero attached hydrogens (tertiary/aromatic N) is 1. The minimum atomic E-state index is -0.512. The number of carbonyl (C=O) groups excluding carboxylic acids is 4. The quantitative estimate of drug-likeness (QED) is 0.362. The topological polar surface area (TPSA) is 118 Å². The predicted octanol–water partition coefficient (Wildman–Crippen LogP) is 4.02. The van der Waals surface area contributed by atoms with E-state index in [-0.39, 0.29) is 29.2 Å². The summed E-state index contributed by atoms with van der Waals surface area (Å²) in [5.74, 6) is -0.899. The predicted molar refractivity (Wildman–Crippen MR) is 133 cm³/mol. The maximum absolute atomic E-state index is 12.7. The van der Waals surface area contributed by atoms with Gasteiger partial charge in [-0.05, 0) is 42.3 Å². The number of furan rings is 1. The van der Waals surface area contributed by atoms with Gasteiger partial charge < -0.3 is 24.7 Å². The Kier molecular flexibility index (Phi) is 7.57. The van der Waals surface area contributed by atoms with Gasteiger partial charge in [0.25, 0.3) is 5.91 Å². The fraction of sp³-hybridized carbons (Fsp3) is 0.250. The van der Waals surface area contributed by atoms with Crippen molar-refractivity contribution in [3.8, 4) is 0 Å². The van der Waals surface area contributed by atoms with Gasteiger partial charge in [0.05, 0.1) is 31.2 Å². The standard InChI is InChI=1S/C24H23N3O6S2/c1-14(28)27-9-8-17-19(12-27)35-23(21(17)24(31)32-2)26-20(29)13-34-16-6-3-5-15(11-16)25-22(30)18-7-4-10-33-18/h3-7,10-11H,8-9,12-13H2,1-2H3,(H,25,30)(H,26,29). The highest BCUT2D eigenvalue weighted by Gasteiger charge is 2.30. The number of nitrogens with one attached hydrogen (secondary N) is 2. The molecule has 3 heterocycles. The maximum atomic E-state index is 12.7. The van der Waals surface area contributed by atoms with Gasteiger partial charge in [-0.1, -0.05) is 6.07 Å². The Bertz CT molecular complexity index is 1270. The Hall–Kier alpha value is -3.57. The second-order valence-corrected chi connectivity index (χ2v) is 9.84. The van der Waals surface area contributed by atoms with E-state index in [0.29, 0.717) is 35.8 Å². The highest BCUT2D eigenvalue weighted by molar-refractivity contribution is 8.00. The molecule has 3 amide bonds. The van der Waals surface area contributed by atoms with E-state index in [4.69, 9.17) is 9.15 Å². The lowest BCUT2D eigenvalue weighted by atomic mass is 10.0. The lowest BCUT2D eigenvalue weighted by molar-refractivity contribution is -0.129. The largest absolute Gasteiger partial charge is 0.465 e. The van der Waals surface area contributed by atoms with Gasteiger partial charge in [0.2, 0.25) is 11.8 Å². The third-order valence-corrected chi connectivity index (χ3v) is 7.48. The molecule has 9 nitrogen and oxygen atoms in total. The number of carbonyl (C=O) groups is 4. The van der Waals surface area contributed by atoms with E-state index in [9.17, 15) is 19.2 Å². The Labute approximate surface area is 209 Å². The molecule has 0 saturated heterocycles. The van der Waals surface area contributed by atoms with E-state index in [2.05, 4.69) is 10.6 Å². The number of methoxy groups -OCH3 is 1. The highest BCUT2D eigenvalue weighted by atomic mass is 32.2. The van der Waals surface area contributed by atoms with Gasteiger partial charge in [0.15, 0.2) is 5.76 Å². The van der Waals surface area contributed by atoms with Crippen LogP contribution in [0.2, 0.25) is 0 Å². The smallest absolute Gasteiger partial charge is 0.341 e. The number of hydrogen-bond donors (Lipinski definition) is 2. The highest BCUT2D eigenvalue weighted by Crippen LogP contribution is 2.38. The summed E-state index contributed by atoms with van der Waals surface area (Å²) < 4.78 is 10.0. The van der Waals surface area contributed by atoms with Gasteiger partial charge in [0.1, 0.15) is 5.00 Å². The minimum Gasteiger partial charge on any atom is -0.465 e. The maximum Gasteiger partial charge on any atom is 0.341 e. The number of esters is 1. The summed E-state index contributed by atoms with van der Waals surface area (Å²) in [6, 6.07) is 10.3. The van der Waals surface area contributed by atoms with Crippen molar-refractivity contribution < 1.29 is 28.3 Å². The van der Waals surface area contributed by atoms with Crippen LogP contribution in [0.3, 0.4) is 0 Å². The number of fused-ring (bicyclic) bond motifs is 1. The van der Waals surface area contributed by atoms with Crippen LogP contribution in [-0.2, 0) is 27.3 Å². The molecule has 182 valence electrons. The Morgan fingerprint density at radius 2 is 2.00 bits per heavy atom. The molecular weight excluding hydrogens is 490 g/mol. The number of anilines is 2. The second kappa shape index (κ2) is 10.8. The SMILES string of the molecule is COC(=O)c1c(NC(=O)CSc2cccc(NC(=O)c3ccco3)c2)sc2c1CCN(C(C)=O)C2. The average molecular weight is 514 g/mol. The van der Waals surface area contributed by atoms with E-state index in [1.807, 2.05) is 6.07 Å². The molecule has 2 N–H and O–H groups in total.